The van der Waals surface area contributed by atoms with Crippen molar-refractivity contribution in [3.8, 4) is 23.7 Å². The molecule has 3 heteroatoms. The van der Waals surface area contributed by atoms with Crippen LogP contribution in [0, 0.1) is 35.5 Å². The van der Waals surface area contributed by atoms with E-state index in [0.29, 0.717) is 11.8 Å². The summed E-state index contributed by atoms with van der Waals surface area (Å²) < 4.78 is 0. The second-order valence-corrected chi connectivity index (χ2v) is 4.19. The van der Waals surface area contributed by atoms with Gasteiger partial charge in [-0.15, -0.1) is 0 Å². The van der Waals surface area contributed by atoms with E-state index in [-0.39, 0.29) is 12.2 Å². The van der Waals surface area contributed by atoms with E-state index in [1.54, 1.807) is 12.1 Å². The van der Waals surface area contributed by atoms with Gasteiger partial charge in [-0.25, -0.2) is 4.79 Å². The lowest BCUT2D eigenvalue weighted by atomic mass is 10.1. The number of aromatic carboxylic acids is 1. The summed E-state index contributed by atoms with van der Waals surface area (Å²) in [5.41, 5.74) is 0.985. The molecule has 0 amide bonds. The van der Waals surface area contributed by atoms with E-state index in [1.165, 1.54) is 12.1 Å². The fourth-order valence-electron chi connectivity index (χ4n) is 1.55. The van der Waals surface area contributed by atoms with Crippen LogP contribution in [0.2, 0.25) is 0 Å². The summed E-state index contributed by atoms with van der Waals surface area (Å²) in [4.78, 5) is 10.6. The Morgan fingerprint density at radius 3 is 2.56 bits per heavy atom. The van der Waals surface area contributed by atoms with Crippen molar-refractivity contribution >= 4 is 5.97 Å². The minimum absolute atomic E-state index is 0.198. The number of benzene rings is 1. The Morgan fingerprint density at radius 2 is 2.00 bits per heavy atom. The molecule has 1 aliphatic carbocycles. The monoisotopic (exact) mass is 240 g/mol. The quantitative estimate of drug-likeness (QED) is 0.767. The average Bonchev–Trinajstić information content (AvgIpc) is 3.14. The number of hydrogen-bond acceptors (Lipinski definition) is 2. The van der Waals surface area contributed by atoms with Crippen LogP contribution in [0.5, 0.6) is 0 Å². The molecule has 0 saturated heterocycles. The molecule has 1 aliphatic rings. The summed E-state index contributed by atoms with van der Waals surface area (Å²) in [6, 6.07) is 6.35. The zero-order chi connectivity index (χ0) is 13.0. The van der Waals surface area contributed by atoms with Crippen molar-refractivity contribution < 1.29 is 15.0 Å². The summed E-state index contributed by atoms with van der Waals surface area (Å²) in [6.45, 7) is 0.198. The molecule has 1 saturated carbocycles. The first-order valence-corrected chi connectivity index (χ1v) is 5.66. The fraction of sp³-hybridized carbons (Fsp3) is 0.267. The summed E-state index contributed by atoms with van der Waals surface area (Å²) in [7, 11) is 0. The molecule has 2 rings (SSSR count). The smallest absolute Gasteiger partial charge is 0.335 e. The first-order chi connectivity index (χ1) is 8.70. The largest absolute Gasteiger partial charge is 0.478 e. The van der Waals surface area contributed by atoms with Crippen LogP contribution in [0.15, 0.2) is 24.3 Å². The van der Waals surface area contributed by atoms with Crippen LogP contribution >= 0.6 is 0 Å². The summed E-state index contributed by atoms with van der Waals surface area (Å²) in [5, 5.41) is 17.6. The van der Waals surface area contributed by atoms with E-state index in [4.69, 9.17) is 10.2 Å². The highest BCUT2D eigenvalue weighted by molar-refractivity contribution is 5.87. The van der Waals surface area contributed by atoms with Gasteiger partial charge in [-0.1, -0.05) is 11.8 Å². The van der Waals surface area contributed by atoms with Crippen molar-refractivity contribution in [3.63, 3.8) is 0 Å². The van der Waals surface area contributed by atoms with Gasteiger partial charge in [0, 0.05) is 18.1 Å². The number of aliphatic hydroxyl groups is 1. The molecule has 1 aromatic rings. The molecule has 0 aromatic heterocycles. The molecule has 0 spiro atoms. The minimum Gasteiger partial charge on any atom is -0.478 e. The molecule has 0 radical (unpaired) electrons. The fourth-order valence-corrected chi connectivity index (χ4v) is 1.55. The van der Waals surface area contributed by atoms with Crippen LogP contribution in [0.1, 0.15) is 22.3 Å². The molecule has 3 nitrogen and oxygen atoms in total. The molecule has 0 heterocycles. The third-order valence-electron chi connectivity index (χ3n) is 2.82. The second-order valence-electron chi connectivity index (χ2n) is 4.19. The highest BCUT2D eigenvalue weighted by Gasteiger charge is 2.34. The number of hydrogen-bond donors (Lipinski definition) is 2. The van der Waals surface area contributed by atoms with Crippen molar-refractivity contribution in [2.24, 2.45) is 11.8 Å². The van der Waals surface area contributed by atoms with Crippen molar-refractivity contribution in [2.75, 3.05) is 6.61 Å². The molecule has 0 bridgehead atoms. The second kappa shape index (κ2) is 5.40. The van der Waals surface area contributed by atoms with E-state index in [2.05, 4.69) is 23.7 Å². The number of aliphatic hydroxyl groups excluding tert-OH is 1. The van der Waals surface area contributed by atoms with Gasteiger partial charge in [0.1, 0.15) is 0 Å². The lowest BCUT2D eigenvalue weighted by molar-refractivity contribution is 0.0697. The zero-order valence-corrected chi connectivity index (χ0v) is 9.68. The van der Waals surface area contributed by atoms with E-state index in [9.17, 15) is 4.79 Å². The molecular formula is C15H12O3. The third kappa shape index (κ3) is 3.13. The number of carboxylic acids is 1. The van der Waals surface area contributed by atoms with Crippen LogP contribution < -0.4 is 0 Å². The van der Waals surface area contributed by atoms with Crippen LogP contribution in [-0.2, 0) is 0 Å². The van der Waals surface area contributed by atoms with Gasteiger partial charge < -0.3 is 10.2 Å². The summed E-state index contributed by atoms with van der Waals surface area (Å²) >= 11 is 0. The molecule has 90 valence electrons. The van der Waals surface area contributed by atoms with Crippen molar-refractivity contribution in [3.05, 3.63) is 35.4 Å². The zero-order valence-electron chi connectivity index (χ0n) is 9.68. The van der Waals surface area contributed by atoms with Crippen LogP contribution in [0.4, 0.5) is 0 Å². The third-order valence-corrected chi connectivity index (χ3v) is 2.82. The minimum atomic E-state index is -0.946. The Hall–Kier alpha value is -2.23. The van der Waals surface area contributed by atoms with Gasteiger partial charge in [-0.2, -0.15) is 0 Å². The summed E-state index contributed by atoms with van der Waals surface area (Å²) in [6.07, 6.45) is 0.957. The summed E-state index contributed by atoms with van der Waals surface area (Å²) in [5.74, 6) is 11.0. The van der Waals surface area contributed by atoms with E-state index < -0.39 is 5.97 Å². The van der Waals surface area contributed by atoms with E-state index >= 15 is 0 Å². The van der Waals surface area contributed by atoms with Crippen molar-refractivity contribution in [1.29, 1.82) is 0 Å². The van der Waals surface area contributed by atoms with Gasteiger partial charge in [-0.3, -0.25) is 0 Å². The predicted octanol–water partition coefficient (Wildman–Crippen LogP) is 1.37. The normalized spacial score (nSPS) is 20.1. The Morgan fingerprint density at radius 1 is 1.28 bits per heavy atom. The Bertz CT molecular complexity index is 564. The molecule has 18 heavy (non-hydrogen) atoms. The highest BCUT2D eigenvalue weighted by Crippen LogP contribution is 2.36. The first-order valence-electron chi connectivity index (χ1n) is 5.66. The van der Waals surface area contributed by atoms with Crippen LogP contribution in [0.25, 0.3) is 0 Å². The van der Waals surface area contributed by atoms with Crippen LogP contribution in [-0.4, -0.2) is 22.8 Å². The van der Waals surface area contributed by atoms with Gasteiger partial charge in [0.05, 0.1) is 5.56 Å². The Kier molecular flexibility index (Phi) is 3.67. The maximum absolute atomic E-state index is 10.6. The van der Waals surface area contributed by atoms with Gasteiger partial charge in [0.2, 0.25) is 0 Å². The van der Waals surface area contributed by atoms with E-state index in [1.807, 2.05) is 0 Å². The number of rotatable bonds is 2. The average molecular weight is 240 g/mol. The topological polar surface area (TPSA) is 57.5 Å². The maximum atomic E-state index is 10.6. The SMILES string of the molecule is O=C(O)c1ccc(C#CC#C[C@@H]2C[C@@H]2CO)cc1. The van der Waals surface area contributed by atoms with Crippen molar-refractivity contribution in [1.82, 2.24) is 0 Å². The van der Waals surface area contributed by atoms with E-state index in [0.717, 1.165) is 12.0 Å². The molecule has 1 fully saturated rings. The van der Waals surface area contributed by atoms with Gasteiger partial charge in [0.15, 0.2) is 0 Å². The predicted molar refractivity (Wildman–Crippen MR) is 66.7 cm³/mol. The molecule has 1 aromatic carbocycles. The molecular weight excluding hydrogens is 228 g/mol. The lowest BCUT2D eigenvalue weighted by Crippen LogP contribution is -1.94. The maximum Gasteiger partial charge on any atom is 0.335 e. The number of carboxylic acid groups (broad SMARTS) is 1. The van der Waals surface area contributed by atoms with Gasteiger partial charge in [0.25, 0.3) is 0 Å². The number of carbonyl (C=O) groups is 1. The van der Waals surface area contributed by atoms with Crippen LogP contribution in [0.3, 0.4) is 0 Å². The van der Waals surface area contributed by atoms with Gasteiger partial charge in [-0.05, 0) is 48.4 Å². The standard InChI is InChI=1S/C15H12O3/c16-10-14-9-13(14)4-2-1-3-11-5-7-12(8-6-11)15(17)18/h5-8,13-14,16H,9-10H2,(H,17,18)/t13-,14-/m1/s1. The molecule has 0 unspecified atom stereocenters. The van der Waals surface area contributed by atoms with Gasteiger partial charge >= 0.3 is 5.97 Å². The highest BCUT2D eigenvalue weighted by atomic mass is 16.4. The molecule has 2 N–H and O–H groups in total. The Balaban J connectivity index is 1.96. The van der Waals surface area contributed by atoms with Crippen molar-refractivity contribution in [2.45, 2.75) is 6.42 Å². The lowest BCUT2D eigenvalue weighted by Gasteiger charge is -1.92. The first kappa shape index (κ1) is 12.2. The molecule has 0 aliphatic heterocycles. The Labute approximate surface area is 105 Å². The molecule has 2 atom stereocenters.